The fourth-order valence-corrected chi connectivity index (χ4v) is 4.08. The molecule has 0 saturated heterocycles. The van der Waals surface area contributed by atoms with Crippen LogP contribution >= 0.6 is 0 Å². The van der Waals surface area contributed by atoms with Crippen LogP contribution in [0.2, 0.25) is 0 Å². The summed E-state index contributed by atoms with van der Waals surface area (Å²) in [6.07, 6.45) is 7.06. The Hall–Kier alpha value is -0.0800. The van der Waals surface area contributed by atoms with Crippen molar-refractivity contribution in [1.29, 1.82) is 0 Å². The van der Waals surface area contributed by atoms with Crippen LogP contribution in [0.1, 0.15) is 66.7 Å². The highest BCUT2D eigenvalue weighted by Crippen LogP contribution is 2.46. The quantitative estimate of drug-likeness (QED) is 0.813. The van der Waals surface area contributed by atoms with Crippen molar-refractivity contribution < 1.29 is 4.74 Å². The normalized spacial score (nSPS) is 46.9. The van der Waals surface area contributed by atoms with Gasteiger partial charge in [0.15, 0.2) is 0 Å². The van der Waals surface area contributed by atoms with Gasteiger partial charge >= 0.3 is 0 Å². The fraction of sp³-hybridized carbons (Fsp3) is 1.00. The van der Waals surface area contributed by atoms with Crippen molar-refractivity contribution >= 4 is 0 Å². The van der Waals surface area contributed by atoms with Crippen LogP contribution in [0, 0.1) is 17.3 Å². The minimum atomic E-state index is 0.344. The van der Waals surface area contributed by atoms with Gasteiger partial charge < -0.3 is 10.1 Å². The monoisotopic (exact) mass is 267 g/mol. The first-order chi connectivity index (χ1) is 9.02. The molecule has 2 rings (SSSR count). The molecule has 2 nitrogen and oxygen atoms in total. The van der Waals surface area contributed by atoms with Gasteiger partial charge in [-0.3, -0.25) is 0 Å². The van der Waals surface area contributed by atoms with E-state index in [1.807, 2.05) is 0 Å². The van der Waals surface area contributed by atoms with Crippen LogP contribution in [-0.4, -0.2) is 24.8 Å². The lowest BCUT2D eigenvalue weighted by molar-refractivity contribution is -0.130. The molecule has 2 saturated carbocycles. The van der Waals surface area contributed by atoms with Crippen molar-refractivity contribution in [3.8, 4) is 0 Å². The summed E-state index contributed by atoms with van der Waals surface area (Å²) in [6.45, 7) is 12.5. The SMILES string of the molecule is CCOC1CC(NC2CCCC(C)C2C)C1(C)CC. The maximum absolute atomic E-state index is 5.91. The fourth-order valence-electron chi connectivity index (χ4n) is 4.08. The summed E-state index contributed by atoms with van der Waals surface area (Å²) in [5.41, 5.74) is 0.344. The molecule has 6 unspecified atom stereocenters. The summed E-state index contributed by atoms with van der Waals surface area (Å²) >= 11 is 0. The summed E-state index contributed by atoms with van der Waals surface area (Å²) in [4.78, 5) is 0. The molecule has 2 heteroatoms. The highest BCUT2D eigenvalue weighted by Gasteiger charge is 2.51. The van der Waals surface area contributed by atoms with Gasteiger partial charge in [-0.05, 0) is 38.0 Å². The lowest BCUT2D eigenvalue weighted by atomic mass is 9.61. The molecule has 0 aromatic carbocycles. The minimum absolute atomic E-state index is 0.344. The van der Waals surface area contributed by atoms with Gasteiger partial charge in [0, 0.05) is 24.1 Å². The number of nitrogens with one attached hydrogen (secondary N) is 1. The average Bonchev–Trinajstić information content (AvgIpc) is 2.41. The third-order valence-electron chi connectivity index (χ3n) is 6.23. The standard InChI is InChI=1S/C17H33NO/c1-6-17(5)15(11-16(17)19-7-2)18-14-10-8-9-12(3)13(14)4/h12-16,18H,6-11H2,1-5H3. The molecule has 1 N–H and O–H groups in total. The molecule has 2 aliphatic rings. The molecule has 19 heavy (non-hydrogen) atoms. The maximum atomic E-state index is 5.91. The number of hydrogen-bond donors (Lipinski definition) is 1. The second kappa shape index (κ2) is 6.13. The van der Waals surface area contributed by atoms with Crippen LogP contribution in [0.4, 0.5) is 0 Å². The number of hydrogen-bond acceptors (Lipinski definition) is 2. The van der Waals surface area contributed by atoms with Gasteiger partial charge in [0.05, 0.1) is 6.10 Å². The van der Waals surface area contributed by atoms with Gasteiger partial charge in [0.2, 0.25) is 0 Å². The Bertz CT molecular complexity index is 293. The highest BCUT2D eigenvalue weighted by atomic mass is 16.5. The topological polar surface area (TPSA) is 21.3 Å². The summed E-state index contributed by atoms with van der Waals surface area (Å²) in [5, 5.41) is 3.99. The Balaban J connectivity index is 1.92. The van der Waals surface area contributed by atoms with Crippen molar-refractivity contribution in [2.75, 3.05) is 6.61 Å². The Morgan fingerprint density at radius 3 is 2.58 bits per heavy atom. The molecule has 112 valence electrons. The van der Waals surface area contributed by atoms with E-state index in [1.165, 1.54) is 32.1 Å². The summed E-state index contributed by atoms with van der Waals surface area (Å²) < 4.78 is 5.91. The van der Waals surface area contributed by atoms with E-state index in [-0.39, 0.29) is 0 Å². The van der Waals surface area contributed by atoms with Crippen molar-refractivity contribution in [3.05, 3.63) is 0 Å². The molecular weight excluding hydrogens is 234 g/mol. The molecule has 0 spiro atoms. The van der Waals surface area contributed by atoms with Crippen molar-refractivity contribution in [2.45, 2.75) is 84.9 Å². The predicted molar refractivity (Wildman–Crippen MR) is 81.3 cm³/mol. The lowest BCUT2D eigenvalue weighted by Crippen LogP contribution is -2.65. The third kappa shape index (κ3) is 2.85. The van der Waals surface area contributed by atoms with Gasteiger partial charge in [-0.25, -0.2) is 0 Å². The summed E-state index contributed by atoms with van der Waals surface area (Å²) in [7, 11) is 0. The Kier molecular flexibility index (Phi) is 4.94. The average molecular weight is 267 g/mol. The zero-order valence-corrected chi connectivity index (χ0v) is 13.5. The van der Waals surface area contributed by atoms with E-state index >= 15 is 0 Å². The first-order valence-electron chi connectivity index (χ1n) is 8.40. The van der Waals surface area contributed by atoms with Gasteiger partial charge in [-0.2, -0.15) is 0 Å². The van der Waals surface area contributed by atoms with E-state index < -0.39 is 0 Å². The van der Waals surface area contributed by atoms with E-state index in [4.69, 9.17) is 4.74 Å². The summed E-state index contributed by atoms with van der Waals surface area (Å²) in [5.74, 6) is 1.70. The largest absolute Gasteiger partial charge is 0.378 e. The molecule has 0 amide bonds. The first-order valence-corrected chi connectivity index (χ1v) is 8.40. The van der Waals surface area contributed by atoms with Crippen molar-refractivity contribution in [1.82, 2.24) is 5.32 Å². The molecule has 0 heterocycles. The van der Waals surface area contributed by atoms with Gasteiger partial charge in [0.25, 0.3) is 0 Å². The Morgan fingerprint density at radius 2 is 1.95 bits per heavy atom. The van der Waals surface area contributed by atoms with Crippen molar-refractivity contribution in [3.63, 3.8) is 0 Å². The van der Waals surface area contributed by atoms with Gasteiger partial charge in [-0.1, -0.05) is 40.5 Å². The maximum Gasteiger partial charge on any atom is 0.0658 e. The van der Waals surface area contributed by atoms with E-state index in [1.54, 1.807) is 0 Å². The van der Waals surface area contributed by atoms with Crippen LogP contribution in [-0.2, 0) is 4.74 Å². The molecule has 0 aromatic rings. The molecule has 6 atom stereocenters. The molecule has 2 fully saturated rings. The number of rotatable bonds is 5. The van der Waals surface area contributed by atoms with E-state index in [2.05, 4.69) is 39.9 Å². The second-order valence-corrected chi connectivity index (χ2v) is 7.13. The summed E-state index contributed by atoms with van der Waals surface area (Å²) in [6, 6.07) is 1.38. The van der Waals surface area contributed by atoms with Crippen LogP contribution in [0.25, 0.3) is 0 Å². The highest BCUT2D eigenvalue weighted by molar-refractivity contribution is 5.06. The van der Waals surface area contributed by atoms with E-state index in [9.17, 15) is 0 Å². The minimum Gasteiger partial charge on any atom is -0.378 e. The van der Waals surface area contributed by atoms with Gasteiger partial charge in [-0.15, -0.1) is 0 Å². The van der Waals surface area contributed by atoms with Crippen LogP contribution in [0.15, 0.2) is 0 Å². The molecule has 0 radical (unpaired) electrons. The molecule has 0 bridgehead atoms. The first kappa shape index (κ1) is 15.3. The Labute approximate surface area is 119 Å². The predicted octanol–water partition coefficient (Wildman–Crippen LogP) is 3.99. The zero-order valence-electron chi connectivity index (χ0n) is 13.5. The third-order valence-corrected chi connectivity index (χ3v) is 6.23. The van der Waals surface area contributed by atoms with Crippen LogP contribution in [0.5, 0.6) is 0 Å². The zero-order chi connectivity index (χ0) is 14.0. The van der Waals surface area contributed by atoms with E-state index in [0.717, 1.165) is 24.5 Å². The molecule has 0 aliphatic heterocycles. The molecule has 2 aliphatic carbocycles. The van der Waals surface area contributed by atoms with Crippen molar-refractivity contribution in [2.24, 2.45) is 17.3 Å². The smallest absolute Gasteiger partial charge is 0.0658 e. The Morgan fingerprint density at radius 1 is 1.21 bits per heavy atom. The lowest BCUT2D eigenvalue weighted by Gasteiger charge is -2.55. The van der Waals surface area contributed by atoms with Crippen LogP contribution in [0.3, 0.4) is 0 Å². The number of ether oxygens (including phenoxy) is 1. The molecule has 0 aromatic heterocycles. The van der Waals surface area contributed by atoms with Gasteiger partial charge in [0.1, 0.15) is 0 Å². The van der Waals surface area contributed by atoms with Crippen LogP contribution < -0.4 is 5.32 Å². The molecular formula is C17H33NO. The van der Waals surface area contributed by atoms with E-state index in [0.29, 0.717) is 17.6 Å². The second-order valence-electron chi connectivity index (χ2n) is 7.13.